The van der Waals surface area contributed by atoms with Crippen molar-refractivity contribution in [2.45, 2.75) is 39.9 Å². The Labute approximate surface area is 107 Å². The summed E-state index contributed by atoms with van der Waals surface area (Å²) in [7, 11) is 0. The highest BCUT2D eigenvalue weighted by molar-refractivity contribution is 5.19. The third-order valence-corrected chi connectivity index (χ3v) is 3.49. The number of imidazole rings is 1. The molecule has 3 rings (SSSR count). The molecule has 0 bridgehead atoms. The Balaban J connectivity index is 1.78. The molecule has 96 valence electrons. The van der Waals surface area contributed by atoms with Crippen LogP contribution in [0.25, 0.3) is 0 Å². The number of aromatic nitrogens is 4. The molecule has 5 nitrogen and oxygen atoms in total. The molecular weight excluding hydrogens is 226 g/mol. The third kappa shape index (κ3) is 2.06. The first-order chi connectivity index (χ1) is 8.74. The molecule has 0 radical (unpaired) electrons. The van der Waals surface area contributed by atoms with E-state index in [0.717, 1.165) is 38.4 Å². The summed E-state index contributed by atoms with van der Waals surface area (Å²) < 4.78 is 4.34. The van der Waals surface area contributed by atoms with E-state index in [1.54, 1.807) is 0 Å². The summed E-state index contributed by atoms with van der Waals surface area (Å²) in [6, 6.07) is 0. The highest BCUT2D eigenvalue weighted by atomic mass is 15.3. The molecule has 0 unspecified atom stereocenters. The zero-order valence-corrected chi connectivity index (χ0v) is 11.0. The van der Waals surface area contributed by atoms with Crippen LogP contribution in [-0.4, -0.2) is 25.9 Å². The van der Waals surface area contributed by atoms with Gasteiger partial charge in [-0.05, 0) is 19.4 Å². The van der Waals surface area contributed by atoms with E-state index in [1.807, 2.05) is 10.9 Å². The van der Waals surface area contributed by atoms with Gasteiger partial charge in [0.25, 0.3) is 0 Å². The van der Waals surface area contributed by atoms with E-state index < -0.39 is 0 Å². The summed E-state index contributed by atoms with van der Waals surface area (Å²) in [4.78, 5) is 4.64. The van der Waals surface area contributed by atoms with Gasteiger partial charge in [-0.2, -0.15) is 5.10 Å². The molecule has 0 atom stereocenters. The minimum atomic E-state index is 0.907. The van der Waals surface area contributed by atoms with Crippen LogP contribution in [0.15, 0.2) is 12.4 Å². The van der Waals surface area contributed by atoms with Gasteiger partial charge in [0.15, 0.2) is 0 Å². The lowest BCUT2D eigenvalue weighted by Crippen LogP contribution is -2.25. The predicted molar refractivity (Wildman–Crippen MR) is 69.3 cm³/mol. The van der Waals surface area contributed by atoms with Crippen LogP contribution >= 0.6 is 0 Å². The van der Waals surface area contributed by atoms with Crippen LogP contribution < -0.4 is 5.32 Å². The van der Waals surface area contributed by atoms with Crippen molar-refractivity contribution in [2.75, 3.05) is 6.54 Å². The topological polar surface area (TPSA) is 47.7 Å². The van der Waals surface area contributed by atoms with Crippen LogP contribution in [0.3, 0.4) is 0 Å². The summed E-state index contributed by atoms with van der Waals surface area (Å²) in [5.74, 6) is 1.12. The van der Waals surface area contributed by atoms with Crippen molar-refractivity contribution in [3.05, 3.63) is 35.2 Å². The van der Waals surface area contributed by atoms with Crippen molar-refractivity contribution in [3.8, 4) is 0 Å². The predicted octanol–water partition coefficient (Wildman–Crippen LogP) is 1.04. The van der Waals surface area contributed by atoms with Gasteiger partial charge in [0.05, 0.1) is 18.4 Å². The van der Waals surface area contributed by atoms with Crippen molar-refractivity contribution in [1.29, 1.82) is 0 Å². The number of nitrogens with one attached hydrogen (secondary N) is 1. The third-order valence-electron chi connectivity index (χ3n) is 3.49. The highest BCUT2D eigenvalue weighted by Gasteiger charge is 2.17. The van der Waals surface area contributed by atoms with Gasteiger partial charge >= 0.3 is 0 Å². The van der Waals surface area contributed by atoms with E-state index in [2.05, 4.69) is 40.0 Å². The van der Waals surface area contributed by atoms with Crippen LogP contribution in [0.1, 0.15) is 22.8 Å². The Morgan fingerprint density at radius 3 is 3.00 bits per heavy atom. The second-order valence-electron chi connectivity index (χ2n) is 4.91. The van der Waals surface area contributed by atoms with Crippen LogP contribution in [0, 0.1) is 13.8 Å². The molecule has 18 heavy (non-hydrogen) atoms. The Bertz CT molecular complexity index is 552. The second-order valence-corrected chi connectivity index (χ2v) is 4.91. The molecule has 0 amide bonds. The zero-order valence-electron chi connectivity index (χ0n) is 11.0. The van der Waals surface area contributed by atoms with Crippen molar-refractivity contribution in [2.24, 2.45) is 0 Å². The van der Waals surface area contributed by atoms with E-state index in [1.165, 1.54) is 17.0 Å². The summed E-state index contributed by atoms with van der Waals surface area (Å²) in [5, 5.41) is 7.69. The van der Waals surface area contributed by atoms with Crippen molar-refractivity contribution in [3.63, 3.8) is 0 Å². The lowest BCUT2D eigenvalue weighted by atomic mass is 10.2. The lowest BCUT2D eigenvalue weighted by Gasteiger charge is -2.15. The maximum Gasteiger partial charge on any atom is 0.106 e. The van der Waals surface area contributed by atoms with Gasteiger partial charge in [0.1, 0.15) is 5.82 Å². The van der Waals surface area contributed by atoms with Gasteiger partial charge in [-0.1, -0.05) is 0 Å². The Morgan fingerprint density at radius 1 is 1.33 bits per heavy atom. The number of hydrogen-bond acceptors (Lipinski definition) is 3. The Morgan fingerprint density at radius 2 is 2.22 bits per heavy atom. The van der Waals surface area contributed by atoms with Gasteiger partial charge in [0, 0.05) is 37.9 Å². The molecule has 1 aliphatic rings. The fourth-order valence-corrected chi connectivity index (χ4v) is 2.59. The molecule has 5 heteroatoms. The summed E-state index contributed by atoms with van der Waals surface area (Å²) in [5.41, 5.74) is 3.83. The van der Waals surface area contributed by atoms with E-state index in [0.29, 0.717) is 0 Å². The number of rotatable bonds is 3. The maximum absolute atomic E-state index is 4.64. The second kappa shape index (κ2) is 4.57. The average Bonchev–Trinajstić information content (AvgIpc) is 2.90. The molecule has 0 spiro atoms. The van der Waals surface area contributed by atoms with Crippen molar-refractivity contribution < 1.29 is 0 Å². The quantitative estimate of drug-likeness (QED) is 0.879. The van der Waals surface area contributed by atoms with Crippen LogP contribution in [0.2, 0.25) is 0 Å². The fourth-order valence-electron chi connectivity index (χ4n) is 2.59. The van der Waals surface area contributed by atoms with Gasteiger partial charge in [-0.15, -0.1) is 0 Å². The van der Waals surface area contributed by atoms with E-state index >= 15 is 0 Å². The van der Waals surface area contributed by atoms with Crippen molar-refractivity contribution >= 4 is 0 Å². The first-order valence-corrected chi connectivity index (χ1v) is 6.48. The molecule has 0 saturated heterocycles. The molecular formula is C13H19N5. The molecule has 2 aromatic heterocycles. The normalized spacial score (nSPS) is 14.8. The molecule has 2 aromatic rings. The van der Waals surface area contributed by atoms with Gasteiger partial charge < -0.3 is 9.88 Å². The van der Waals surface area contributed by atoms with Crippen LogP contribution in [0.5, 0.6) is 0 Å². The van der Waals surface area contributed by atoms with Gasteiger partial charge in [0.2, 0.25) is 0 Å². The molecule has 1 aliphatic heterocycles. The zero-order chi connectivity index (χ0) is 12.5. The van der Waals surface area contributed by atoms with E-state index in [9.17, 15) is 0 Å². The number of nitrogens with zero attached hydrogens (tertiary/aromatic N) is 4. The average molecular weight is 245 g/mol. The Hall–Kier alpha value is -1.62. The van der Waals surface area contributed by atoms with Gasteiger partial charge in [-0.3, -0.25) is 4.68 Å². The molecule has 0 aromatic carbocycles. The minimum absolute atomic E-state index is 0.907. The largest absolute Gasteiger partial charge is 0.330 e. The summed E-state index contributed by atoms with van der Waals surface area (Å²) in [6.45, 7) is 7.98. The number of hydrogen-bond donors (Lipinski definition) is 1. The standard InChI is InChI=1S/C13H19N5/c1-10-7-15-17(9-10)5-6-18-11(2)16-12-8-14-4-3-13(12)18/h7,9,14H,3-6,8H2,1-2H3. The SMILES string of the molecule is Cc1cnn(CCn2c(C)nc3c2CCNC3)c1. The fraction of sp³-hybridized carbons (Fsp3) is 0.538. The highest BCUT2D eigenvalue weighted by Crippen LogP contribution is 2.15. The first kappa shape index (κ1) is 11.5. The van der Waals surface area contributed by atoms with E-state index in [4.69, 9.17) is 0 Å². The molecule has 0 aliphatic carbocycles. The summed E-state index contributed by atoms with van der Waals surface area (Å²) >= 11 is 0. The maximum atomic E-state index is 4.64. The number of aryl methyl sites for hydroxylation is 3. The number of fused-ring (bicyclic) bond motifs is 1. The lowest BCUT2D eigenvalue weighted by molar-refractivity contribution is 0.505. The molecule has 3 heterocycles. The first-order valence-electron chi connectivity index (χ1n) is 6.48. The summed E-state index contributed by atoms with van der Waals surface area (Å²) in [6.07, 6.45) is 5.06. The van der Waals surface area contributed by atoms with Gasteiger partial charge in [-0.25, -0.2) is 4.98 Å². The monoisotopic (exact) mass is 245 g/mol. The molecule has 1 N–H and O–H groups in total. The van der Waals surface area contributed by atoms with E-state index in [-0.39, 0.29) is 0 Å². The van der Waals surface area contributed by atoms with Crippen LogP contribution in [-0.2, 0) is 26.1 Å². The minimum Gasteiger partial charge on any atom is -0.330 e. The smallest absolute Gasteiger partial charge is 0.106 e. The van der Waals surface area contributed by atoms with Crippen molar-refractivity contribution in [1.82, 2.24) is 24.6 Å². The Kier molecular flexibility index (Phi) is 2.91. The van der Waals surface area contributed by atoms with Crippen LogP contribution in [0.4, 0.5) is 0 Å². The molecule has 0 fully saturated rings. The molecule has 0 saturated carbocycles.